The van der Waals surface area contributed by atoms with Gasteiger partial charge in [-0.05, 0) is 48.7 Å². The molecule has 0 bridgehead atoms. The van der Waals surface area contributed by atoms with Crippen LogP contribution in [0.1, 0.15) is 22.3 Å². The van der Waals surface area contributed by atoms with Crippen molar-refractivity contribution in [3.63, 3.8) is 0 Å². The van der Waals surface area contributed by atoms with Crippen LogP contribution < -0.4 is 10.1 Å². The molecule has 180 valence electrons. The van der Waals surface area contributed by atoms with Gasteiger partial charge in [-0.2, -0.15) is 5.10 Å². The number of nitrogens with zero attached hydrogens (tertiary/aromatic N) is 2. The van der Waals surface area contributed by atoms with Crippen molar-refractivity contribution in [1.82, 2.24) is 0 Å². The average molecular weight is 499 g/mol. The Morgan fingerprint density at radius 2 is 1.36 bits per heavy atom. The molecule has 0 aliphatic heterocycles. The summed E-state index contributed by atoms with van der Waals surface area (Å²) in [7, 11) is -4.05. The zero-order valence-corrected chi connectivity index (χ0v) is 20.3. The van der Waals surface area contributed by atoms with Crippen LogP contribution >= 0.6 is 0 Å². The SMILES string of the molecule is Cc1ccc(NS(=O)(=O)c2ccc(NN=C3c4ccccc4-c4ccccc43)c([N+](=O)[O-])c2)c(C)c1. The highest BCUT2D eigenvalue weighted by atomic mass is 32.2. The van der Waals surface area contributed by atoms with Gasteiger partial charge in [0.25, 0.3) is 15.7 Å². The second-order valence-electron chi connectivity index (χ2n) is 8.52. The smallest absolute Gasteiger partial charge is 0.279 e. The number of rotatable bonds is 6. The highest BCUT2D eigenvalue weighted by Gasteiger charge is 2.25. The Hall–Kier alpha value is -4.50. The van der Waals surface area contributed by atoms with Crippen LogP contribution in [0.25, 0.3) is 11.1 Å². The molecular formula is C27H22N4O4S. The molecule has 0 aromatic heterocycles. The van der Waals surface area contributed by atoms with Gasteiger partial charge < -0.3 is 0 Å². The van der Waals surface area contributed by atoms with Crippen molar-refractivity contribution in [2.75, 3.05) is 10.1 Å². The second-order valence-corrected chi connectivity index (χ2v) is 10.2. The van der Waals surface area contributed by atoms with E-state index in [1.54, 1.807) is 19.1 Å². The van der Waals surface area contributed by atoms with Crippen LogP contribution in [0, 0.1) is 24.0 Å². The molecule has 0 amide bonds. The number of hydrogen-bond acceptors (Lipinski definition) is 6. The quantitative estimate of drug-likeness (QED) is 0.225. The van der Waals surface area contributed by atoms with Crippen molar-refractivity contribution >= 4 is 32.8 Å². The summed E-state index contributed by atoms with van der Waals surface area (Å²) in [6.45, 7) is 3.70. The predicted molar refractivity (Wildman–Crippen MR) is 141 cm³/mol. The van der Waals surface area contributed by atoms with E-state index in [9.17, 15) is 18.5 Å². The lowest BCUT2D eigenvalue weighted by molar-refractivity contribution is -0.384. The number of anilines is 2. The maximum atomic E-state index is 13.0. The summed E-state index contributed by atoms with van der Waals surface area (Å²) in [5.74, 6) is 0. The fourth-order valence-corrected chi connectivity index (χ4v) is 5.44. The van der Waals surface area contributed by atoms with Crippen molar-refractivity contribution in [3.05, 3.63) is 117 Å². The lowest BCUT2D eigenvalue weighted by atomic mass is 10.1. The third-order valence-corrected chi connectivity index (χ3v) is 7.41. The number of aryl methyl sites for hydroxylation is 2. The maximum absolute atomic E-state index is 13.0. The van der Waals surface area contributed by atoms with Gasteiger partial charge in [0.05, 0.1) is 21.2 Å². The first-order chi connectivity index (χ1) is 17.2. The van der Waals surface area contributed by atoms with Crippen molar-refractivity contribution < 1.29 is 13.3 Å². The van der Waals surface area contributed by atoms with Gasteiger partial charge in [-0.15, -0.1) is 0 Å². The molecule has 1 aliphatic rings. The zero-order valence-electron chi connectivity index (χ0n) is 19.5. The molecule has 0 heterocycles. The molecule has 0 fully saturated rings. The Bertz CT molecular complexity index is 1610. The zero-order chi connectivity index (χ0) is 25.4. The molecular weight excluding hydrogens is 476 g/mol. The number of sulfonamides is 1. The molecule has 0 saturated carbocycles. The summed E-state index contributed by atoms with van der Waals surface area (Å²) in [6, 6.07) is 24.6. The Morgan fingerprint density at radius 3 is 1.94 bits per heavy atom. The lowest BCUT2D eigenvalue weighted by Gasteiger charge is -2.12. The number of hydrazone groups is 1. The minimum Gasteiger partial charge on any atom is -0.279 e. The van der Waals surface area contributed by atoms with E-state index in [0.717, 1.165) is 39.4 Å². The van der Waals surface area contributed by atoms with E-state index in [4.69, 9.17) is 0 Å². The minimum absolute atomic E-state index is 0.0832. The third kappa shape index (κ3) is 4.20. The highest BCUT2D eigenvalue weighted by Crippen LogP contribution is 2.37. The van der Waals surface area contributed by atoms with Crippen LogP contribution in [0.15, 0.2) is 94.9 Å². The van der Waals surface area contributed by atoms with Crippen molar-refractivity contribution in [1.29, 1.82) is 0 Å². The maximum Gasteiger partial charge on any atom is 0.295 e. The van der Waals surface area contributed by atoms with Crippen molar-refractivity contribution in [3.8, 4) is 11.1 Å². The predicted octanol–water partition coefficient (Wildman–Crippen LogP) is 5.86. The Balaban J connectivity index is 1.49. The van der Waals surface area contributed by atoms with Gasteiger partial charge in [-0.25, -0.2) is 8.42 Å². The first kappa shape index (κ1) is 23.3. The van der Waals surface area contributed by atoms with Crippen LogP contribution in [0.2, 0.25) is 0 Å². The monoisotopic (exact) mass is 498 g/mol. The number of nitrogens with one attached hydrogen (secondary N) is 2. The van der Waals surface area contributed by atoms with E-state index in [0.29, 0.717) is 11.4 Å². The second kappa shape index (κ2) is 8.94. The van der Waals surface area contributed by atoms with Crippen LogP contribution in [0.3, 0.4) is 0 Å². The number of hydrogen-bond donors (Lipinski definition) is 2. The molecule has 2 N–H and O–H groups in total. The Morgan fingerprint density at radius 1 is 0.778 bits per heavy atom. The van der Waals surface area contributed by atoms with Crippen molar-refractivity contribution in [2.24, 2.45) is 5.10 Å². The van der Waals surface area contributed by atoms with Gasteiger partial charge in [-0.3, -0.25) is 20.3 Å². The molecule has 0 unspecified atom stereocenters. The topological polar surface area (TPSA) is 114 Å². The fourth-order valence-electron chi connectivity index (χ4n) is 4.29. The molecule has 0 atom stereocenters. The third-order valence-electron chi connectivity index (χ3n) is 6.05. The number of benzene rings is 4. The first-order valence-corrected chi connectivity index (χ1v) is 12.6. The first-order valence-electron chi connectivity index (χ1n) is 11.2. The molecule has 4 aromatic carbocycles. The number of nitro benzene ring substituents is 1. The Labute approximate surface area is 208 Å². The molecule has 9 heteroatoms. The molecule has 0 radical (unpaired) electrons. The molecule has 5 rings (SSSR count). The lowest BCUT2D eigenvalue weighted by Crippen LogP contribution is -2.14. The van der Waals surface area contributed by atoms with E-state index in [1.807, 2.05) is 61.5 Å². The van der Waals surface area contributed by atoms with Gasteiger partial charge in [0, 0.05) is 17.2 Å². The number of fused-ring (bicyclic) bond motifs is 3. The summed E-state index contributed by atoms with van der Waals surface area (Å²) >= 11 is 0. The van der Waals surface area contributed by atoms with Crippen LogP contribution in [-0.2, 0) is 10.0 Å². The molecule has 4 aromatic rings. The summed E-state index contributed by atoms with van der Waals surface area (Å²) < 4.78 is 28.5. The van der Waals surface area contributed by atoms with E-state index < -0.39 is 20.6 Å². The molecule has 1 aliphatic carbocycles. The standard InChI is InChI=1S/C27H22N4O4S/c1-17-11-13-24(18(2)15-17)30-36(34,35)19-12-14-25(26(16-19)31(32)33)28-29-27-22-9-5-3-7-20(22)21-8-4-6-10-23(21)27/h3-16,28,30H,1-2H3. The summed E-state index contributed by atoms with van der Waals surface area (Å²) in [6.07, 6.45) is 0. The van der Waals surface area contributed by atoms with E-state index in [2.05, 4.69) is 15.2 Å². The van der Waals surface area contributed by atoms with E-state index in [1.165, 1.54) is 12.1 Å². The largest absolute Gasteiger partial charge is 0.295 e. The summed E-state index contributed by atoms with van der Waals surface area (Å²) in [5, 5.41) is 16.3. The average Bonchev–Trinajstić information content (AvgIpc) is 3.18. The van der Waals surface area contributed by atoms with Gasteiger partial charge in [-0.1, -0.05) is 66.2 Å². The summed E-state index contributed by atoms with van der Waals surface area (Å²) in [4.78, 5) is 11.0. The van der Waals surface area contributed by atoms with Gasteiger partial charge in [0.1, 0.15) is 5.69 Å². The van der Waals surface area contributed by atoms with Gasteiger partial charge in [0.15, 0.2) is 0 Å². The normalized spacial score (nSPS) is 12.0. The van der Waals surface area contributed by atoms with Crippen LogP contribution in [0.4, 0.5) is 17.1 Å². The fraction of sp³-hybridized carbons (Fsp3) is 0.0741. The summed E-state index contributed by atoms with van der Waals surface area (Å²) in [5.41, 5.74) is 9.17. The van der Waals surface area contributed by atoms with E-state index >= 15 is 0 Å². The molecule has 0 saturated heterocycles. The molecule has 0 spiro atoms. The van der Waals surface area contributed by atoms with Crippen LogP contribution in [-0.4, -0.2) is 19.1 Å². The van der Waals surface area contributed by atoms with Crippen LogP contribution in [0.5, 0.6) is 0 Å². The van der Waals surface area contributed by atoms with Gasteiger partial charge >= 0.3 is 0 Å². The minimum atomic E-state index is -4.05. The van der Waals surface area contributed by atoms with E-state index in [-0.39, 0.29) is 10.6 Å². The number of nitro groups is 1. The molecule has 8 nitrogen and oxygen atoms in total. The van der Waals surface area contributed by atoms with Crippen molar-refractivity contribution in [2.45, 2.75) is 18.7 Å². The van der Waals surface area contributed by atoms with Gasteiger partial charge in [0.2, 0.25) is 0 Å². The molecule has 36 heavy (non-hydrogen) atoms. The highest BCUT2D eigenvalue weighted by molar-refractivity contribution is 7.92. The Kier molecular flexibility index (Phi) is 5.77.